The molecule has 2 atom stereocenters. The molecule has 5 heteroatoms. The van der Waals surface area contributed by atoms with Crippen LogP contribution >= 0.6 is 15.9 Å². The van der Waals surface area contributed by atoms with Crippen molar-refractivity contribution in [2.45, 2.75) is 57.8 Å². The summed E-state index contributed by atoms with van der Waals surface area (Å²) in [5.74, 6) is 0.415. The third-order valence-corrected chi connectivity index (χ3v) is 6.42. The predicted molar refractivity (Wildman–Crippen MR) is 97.0 cm³/mol. The van der Waals surface area contributed by atoms with E-state index in [-0.39, 0.29) is 23.4 Å². The van der Waals surface area contributed by atoms with Crippen LogP contribution in [0, 0.1) is 11.3 Å². The lowest BCUT2D eigenvalue weighted by atomic mass is 9.84. The van der Waals surface area contributed by atoms with Gasteiger partial charge in [-0.05, 0) is 56.7 Å². The molecule has 3 nitrogen and oxygen atoms in total. The van der Waals surface area contributed by atoms with Gasteiger partial charge in [0.1, 0.15) is 5.75 Å². The zero-order valence-electron chi connectivity index (χ0n) is 14.1. The Bertz CT molecular complexity index is 573. The van der Waals surface area contributed by atoms with E-state index in [9.17, 15) is 4.79 Å². The number of rotatable bonds is 4. The second-order valence-electron chi connectivity index (χ2n) is 7.80. The van der Waals surface area contributed by atoms with Gasteiger partial charge < -0.3 is 9.16 Å². The first-order valence-electron chi connectivity index (χ1n) is 8.47. The second kappa shape index (κ2) is 6.34. The van der Waals surface area contributed by atoms with Crippen molar-refractivity contribution in [1.29, 1.82) is 0 Å². The minimum absolute atomic E-state index is 0.0466. The van der Waals surface area contributed by atoms with E-state index in [4.69, 9.17) is 9.16 Å². The highest BCUT2D eigenvalue weighted by Gasteiger charge is 2.69. The fourth-order valence-corrected chi connectivity index (χ4v) is 5.26. The molecule has 0 aliphatic heterocycles. The van der Waals surface area contributed by atoms with Gasteiger partial charge in [0.05, 0.1) is 12.0 Å². The average molecular weight is 397 g/mol. The van der Waals surface area contributed by atoms with Crippen LogP contribution in [-0.4, -0.2) is 20.4 Å². The predicted octanol–water partition coefficient (Wildman–Crippen LogP) is 5.15. The Balaban J connectivity index is 1.73. The molecule has 126 valence electrons. The highest BCUT2D eigenvalue weighted by molar-refractivity contribution is 9.10. The lowest BCUT2D eigenvalue weighted by molar-refractivity contribution is -0.137. The summed E-state index contributed by atoms with van der Waals surface area (Å²) < 4.78 is 13.0. The van der Waals surface area contributed by atoms with Crippen molar-refractivity contribution >= 4 is 30.2 Å². The lowest BCUT2D eigenvalue weighted by Crippen LogP contribution is -2.29. The van der Waals surface area contributed by atoms with Gasteiger partial charge in [-0.2, -0.15) is 0 Å². The molecule has 1 aromatic carbocycles. The molecule has 23 heavy (non-hydrogen) atoms. The molecule has 0 amide bonds. The Morgan fingerprint density at radius 1 is 1.13 bits per heavy atom. The molecule has 3 rings (SSSR count). The molecular weight excluding hydrogens is 372 g/mol. The number of hydrogen-bond acceptors (Lipinski definition) is 3. The summed E-state index contributed by atoms with van der Waals surface area (Å²) >= 11 is 3.40. The quantitative estimate of drug-likeness (QED) is 0.400. The molecule has 1 spiro atoms. The zero-order valence-corrected chi connectivity index (χ0v) is 16.7. The van der Waals surface area contributed by atoms with Gasteiger partial charge in [-0.15, -0.1) is 0 Å². The van der Waals surface area contributed by atoms with Gasteiger partial charge in [0.2, 0.25) is 0 Å². The minimum Gasteiger partial charge on any atom is -0.426 e. The van der Waals surface area contributed by atoms with E-state index >= 15 is 0 Å². The molecular formula is C18H25BrO3Si. The third kappa shape index (κ3) is 3.72. The maximum atomic E-state index is 12.7. The third-order valence-electron chi connectivity index (χ3n) is 4.93. The highest BCUT2D eigenvalue weighted by Crippen LogP contribution is 2.64. The number of carbonyl (C=O) groups excluding carboxylic acids is 1. The highest BCUT2D eigenvalue weighted by atomic mass is 79.9. The van der Waals surface area contributed by atoms with E-state index in [0.29, 0.717) is 5.75 Å². The van der Waals surface area contributed by atoms with E-state index in [0.717, 1.165) is 17.3 Å². The van der Waals surface area contributed by atoms with Crippen LogP contribution in [0.25, 0.3) is 0 Å². The first-order valence-corrected chi connectivity index (χ1v) is 12.7. The average Bonchev–Trinajstić information content (AvgIpc) is 3.05. The van der Waals surface area contributed by atoms with E-state index < -0.39 is 8.32 Å². The van der Waals surface area contributed by atoms with Gasteiger partial charge in [-0.3, -0.25) is 4.79 Å². The number of halogens is 1. The molecule has 0 N–H and O–H groups in total. The second-order valence-corrected chi connectivity index (χ2v) is 13.2. The number of hydrogen-bond donors (Lipinski definition) is 0. The summed E-state index contributed by atoms with van der Waals surface area (Å²) in [5, 5.41) is 0. The van der Waals surface area contributed by atoms with Crippen molar-refractivity contribution in [2.24, 2.45) is 11.3 Å². The van der Waals surface area contributed by atoms with Crippen LogP contribution in [-0.2, 0) is 9.22 Å². The fraction of sp³-hybridized carbons (Fsp3) is 0.611. The summed E-state index contributed by atoms with van der Waals surface area (Å²) in [5.41, 5.74) is 0.0466. The Kier molecular flexibility index (Phi) is 4.73. The zero-order chi connectivity index (χ0) is 16.7. The topological polar surface area (TPSA) is 35.5 Å². The number of benzene rings is 1. The number of ether oxygens (including phenoxy) is 1. The van der Waals surface area contributed by atoms with Gasteiger partial charge in [0, 0.05) is 9.89 Å². The van der Waals surface area contributed by atoms with Crippen LogP contribution in [0.1, 0.15) is 32.1 Å². The van der Waals surface area contributed by atoms with Crippen molar-refractivity contribution in [3.8, 4) is 5.75 Å². The van der Waals surface area contributed by atoms with Crippen LogP contribution in [0.3, 0.4) is 0 Å². The summed E-state index contributed by atoms with van der Waals surface area (Å²) in [6, 6.07) is 7.43. The molecule has 0 heterocycles. The first kappa shape index (κ1) is 17.2. The minimum atomic E-state index is -1.67. The number of esters is 1. The van der Waals surface area contributed by atoms with Crippen LogP contribution in [0.2, 0.25) is 19.6 Å². The van der Waals surface area contributed by atoms with Gasteiger partial charge in [0.15, 0.2) is 8.32 Å². The molecule has 0 bridgehead atoms. The smallest absolute Gasteiger partial charge is 0.317 e. The first-order chi connectivity index (χ1) is 10.8. The number of carbonyl (C=O) groups is 1. The van der Waals surface area contributed by atoms with Crippen LogP contribution in [0.5, 0.6) is 5.75 Å². The van der Waals surface area contributed by atoms with E-state index in [1.807, 2.05) is 24.3 Å². The van der Waals surface area contributed by atoms with Gasteiger partial charge in [-0.1, -0.05) is 35.2 Å². The molecule has 2 saturated carbocycles. The van der Waals surface area contributed by atoms with Crippen molar-refractivity contribution in [1.82, 2.24) is 0 Å². The maximum absolute atomic E-state index is 12.7. The fourth-order valence-electron chi connectivity index (χ4n) is 3.87. The summed E-state index contributed by atoms with van der Waals surface area (Å²) in [6.45, 7) is 6.58. The Morgan fingerprint density at radius 3 is 2.30 bits per heavy atom. The van der Waals surface area contributed by atoms with Gasteiger partial charge in [-0.25, -0.2) is 0 Å². The SMILES string of the molecule is C[Si](C)(C)O[C@H]1[C@H](C(=O)Oc2ccc(Br)cc2)C12CCCCC2. The standard InChI is InChI=1S/C18H25BrO3Si/c1-23(2,3)22-16-15(18(16)11-5-4-6-12-18)17(20)21-14-9-7-13(19)8-10-14/h7-10,15-16H,4-6,11-12H2,1-3H3/t15-,16+/m1/s1. The van der Waals surface area contributed by atoms with Crippen molar-refractivity contribution in [3.63, 3.8) is 0 Å². The Hall–Kier alpha value is -0.653. The molecule has 0 saturated heterocycles. The van der Waals surface area contributed by atoms with E-state index in [1.165, 1.54) is 19.3 Å². The Labute approximate surface area is 148 Å². The van der Waals surface area contributed by atoms with Crippen LogP contribution < -0.4 is 4.74 Å². The molecule has 2 fully saturated rings. The largest absolute Gasteiger partial charge is 0.426 e. The van der Waals surface area contributed by atoms with Crippen molar-refractivity contribution in [2.75, 3.05) is 0 Å². The van der Waals surface area contributed by atoms with Crippen molar-refractivity contribution < 1.29 is 14.0 Å². The van der Waals surface area contributed by atoms with Gasteiger partial charge >= 0.3 is 5.97 Å². The van der Waals surface area contributed by atoms with E-state index in [1.54, 1.807) is 0 Å². The summed E-state index contributed by atoms with van der Waals surface area (Å²) in [6.07, 6.45) is 5.94. The van der Waals surface area contributed by atoms with Crippen molar-refractivity contribution in [3.05, 3.63) is 28.7 Å². The molecule has 2 aliphatic rings. The monoisotopic (exact) mass is 396 g/mol. The van der Waals surface area contributed by atoms with Crippen LogP contribution in [0.4, 0.5) is 0 Å². The summed E-state index contributed by atoms with van der Waals surface area (Å²) in [4.78, 5) is 12.7. The van der Waals surface area contributed by atoms with E-state index in [2.05, 4.69) is 35.6 Å². The normalized spacial score (nSPS) is 26.1. The van der Waals surface area contributed by atoms with Crippen LogP contribution in [0.15, 0.2) is 28.7 Å². The summed E-state index contributed by atoms with van der Waals surface area (Å²) in [7, 11) is -1.67. The molecule has 0 unspecified atom stereocenters. The molecule has 1 aromatic rings. The lowest BCUT2D eigenvalue weighted by Gasteiger charge is -2.25. The molecule has 2 aliphatic carbocycles. The Morgan fingerprint density at radius 2 is 1.74 bits per heavy atom. The molecule has 0 radical (unpaired) electrons. The van der Waals surface area contributed by atoms with Gasteiger partial charge in [0.25, 0.3) is 0 Å². The molecule has 0 aromatic heterocycles. The maximum Gasteiger partial charge on any atom is 0.317 e.